The fourth-order valence-corrected chi connectivity index (χ4v) is 10.1. The van der Waals surface area contributed by atoms with Gasteiger partial charge in [-0.05, 0) is 91.8 Å². The second-order valence-corrected chi connectivity index (χ2v) is 16.6. The molecule has 3 heteroatoms. The molecule has 0 aromatic carbocycles. The molecular weight excluding hydrogens is 630 g/mol. The van der Waals surface area contributed by atoms with Crippen LogP contribution in [-0.2, 0) is 0 Å². The number of unbranched alkanes of at least 4 members (excludes halogenated alkanes) is 11. The van der Waals surface area contributed by atoms with E-state index in [0.29, 0.717) is 11.8 Å². The van der Waals surface area contributed by atoms with Gasteiger partial charge in [-0.1, -0.05) is 154 Å². The Morgan fingerprint density at radius 3 is 1.61 bits per heavy atom. The summed E-state index contributed by atoms with van der Waals surface area (Å²) in [6.45, 7) is 17.4. The van der Waals surface area contributed by atoms with Gasteiger partial charge < -0.3 is 5.73 Å². The van der Waals surface area contributed by atoms with E-state index in [1.807, 2.05) is 0 Å². The summed E-state index contributed by atoms with van der Waals surface area (Å²) in [5.41, 5.74) is 7.94. The van der Waals surface area contributed by atoms with Gasteiger partial charge in [-0.3, -0.25) is 0 Å². The Balaban J connectivity index is 0.00000840. The van der Waals surface area contributed by atoms with Crippen molar-refractivity contribution >= 4 is 32.9 Å². The van der Waals surface area contributed by atoms with Crippen molar-refractivity contribution in [2.75, 3.05) is 5.33 Å². The summed E-state index contributed by atoms with van der Waals surface area (Å²) in [6, 6.07) is 0. The molecule has 0 aromatic rings. The summed E-state index contributed by atoms with van der Waals surface area (Å²) >= 11 is 3.93. The molecule has 8 unspecified atom stereocenters. The van der Waals surface area contributed by atoms with Crippen LogP contribution >= 0.6 is 32.9 Å². The van der Waals surface area contributed by atoms with Crippen LogP contribution in [-0.4, -0.2) is 10.9 Å². The summed E-state index contributed by atoms with van der Waals surface area (Å²) in [5, 5.41) is 1.06. The molecule has 2 fully saturated rings. The first kappa shape index (κ1) is 39.9. The molecule has 0 heterocycles. The molecule has 41 heavy (non-hydrogen) atoms. The lowest BCUT2D eigenvalue weighted by molar-refractivity contribution is -0.0226. The molecule has 2 aliphatic carbocycles. The van der Waals surface area contributed by atoms with E-state index < -0.39 is 0 Å². The second kappa shape index (κ2) is 21.6. The average Bonchev–Trinajstić information content (AvgIpc) is 2.91. The zero-order valence-corrected chi connectivity index (χ0v) is 32.2. The highest BCUT2D eigenvalue weighted by Crippen LogP contribution is 2.53. The molecule has 0 radical (unpaired) electrons. The summed E-state index contributed by atoms with van der Waals surface area (Å²) in [7, 11) is 0. The maximum atomic E-state index is 7.97. The number of nitrogens with two attached hydrogens (primary N) is 1. The SMILES string of the molecule is Br.CCCCCCCCCCCCCCC(C1CC(C)CCC1C(C)C)C(N)(CCBr)C1CC(C)CCC1C(C)C. The first-order chi connectivity index (χ1) is 19.2. The van der Waals surface area contributed by atoms with Gasteiger partial charge in [0.15, 0.2) is 0 Å². The molecule has 0 spiro atoms. The first-order valence-corrected chi connectivity index (χ1v) is 19.6. The monoisotopic (exact) mass is 703 g/mol. The molecule has 8 atom stereocenters. The Bertz CT molecular complexity index is 636. The maximum Gasteiger partial charge on any atom is 0.0225 e. The molecular formula is C38H75Br2N. The van der Waals surface area contributed by atoms with Crippen molar-refractivity contribution in [3.63, 3.8) is 0 Å². The lowest BCUT2D eigenvalue weighted by Gasteiger charge is -2.55. The minimum atomic E-state index is -0.0280. The van der Waals surface area contributed by atoms with Gasteiger partial charge in [-0.25, -0.2) is 0 Å². The Morgan fingerprint density at radius 2 is 1.12 bits per heavy atom. The highest BCUT2D eigenvalue weighted by Gasteiger charge is 2.51. The van der Waals surface area contributed by atoms with Gasteiger partial charge in [0.2, 0.25) is 0 Å². The fraction of sp³-hybridized carbons (Fsp3) is 1.00. The van der Waals surface area contributed by atoms with Gasteiger partial charge in [0, 0.05) is 10.9 Å². The highest BCUT2D eigenvalue weighted by atomic mass is 79.9. The quantitative estimate of drug-likeness (QED) is 0.0990. The Hall–Kier alpha value is 0.920. The molecule has 0 bridgehead atoms. The predicted molar refractivity (Wildman–Crippen MR) is 195 cm³/mol. The van der Waals surface area contributed by atoms with Crippen LogP contribution in [0.15, 0.2) is 0 Å². The van der Waals surface area contributed by atoms with Crippen LogP contribution in [0, 0.1) is 53.3 Å². The van der Waals surface area contributed by atoms with Crippen molar-refractivity contribution in [2.45, 2.75) is 182 Å². The molecule has 246 valence electrons. The van der Waals surface area contributed by atoms with Crippen molar-refractivity contribution in [3.05, 3.63) is 0 Å². The summed E-state index contributed by atoms with van der Waals surface area (Å²) in [6.07, 6.45) is 28.2. The van der Waals surface area contributed by atoms with Crippen molar-refractivity contribution in [1.82, 2.24) is 0 Å². The third-order valence-electron chi connectivity index (χ3n) is 11.9. The molecule has 2 N–H and O–H groups in total. The standard InChI is InChI=1S/C38H74BrN.BrH/c1-8-9-10-11-12-13-14-15-16-17-18-19-20-36(35-27-31(6)21-23-33(35)29(2)3)38(40,25-26-39)37-28-32(7)22-24-34(37)30(4)5;/h29-37H,8-28,40H2,1-7H3;1H. The van der Waals surface area contributed by atoms with Crippen LogP contribution in [0.4, 0.5) is 0 Å². The molecule has 2 rings (SSSR count). The minimum absolute atomic E-state index is 0. The number of halogens is 2. The van der Waals surface area contributed by atoms with Gasteiger partial charge in [0.1, 0.15) is 0 Å². The fourth-order valence-electron chi connectivity index (χ4n) is 9.45. The molecule has 0 aliphatic heterocycles. The zero-order valence-electron chi connectivity index (χ0n) is 28.9. The second-order valence-electron chi connectivity index (χ2n) is 15.8. The summed E-state index contributed by atoms with van der Waals surface area (Å²) in [4.78, 5) is 0. The van der Waals surface area contributed by atoms with E-state index in [4.69, 9.17) is 5.73 Å². The molecule has 1 nitrogen and oxygen atoms in total. The molecule has 2 saturated carbocycles. The Labute approximate surface area is 278 Å². The van der Waals surface area contributed by atoms with Crippen molar-refractivity contribution in [1.29, 1.82) is 0 Å². The van der Waals surface area contributed by atoms with E-state index in [9.17, 15) is 0 Å². The van der Waals surface area contributed by atoms with Crippen LogP contribution in [0.1, 0.15) is 177 Å². The van der Waals surface area contributed by atoms with Crippen molar-refractivity contribution in [3.8, 4) is 0 Å². The lowest BCUT2D eigenvalue weighted by atomic mass is 9.52. The van der Waals surface area contributed by atoms with Crippen LogP contribution in [0.5, 0.6) is 0 Å². The largest absolute Gasteiger partial charge is 0.325 e. The molecule has 0 aromatic heterocycles. The molecule has 0 saturated heterocycles. The number of hydrogen-bond donors (Lipinski definition) is 1. The molecule has 0 amide bonds. The van der Waals surface area contributed by atoms with E-state index in [2.05, 4.69) is 64.4 Å². The predicted octanol–water partition coefficient (Wildman–Crippen LogP) is 13.2. The highest BCUT2D eigenvalue weighted by molar-refractivity contribution is 9.09. The third-order valence-corrected chi connectivity index (χ3v) is 12.3. The maximum absolute atomic E-state index is 7.97. The number of hydrogen-bond acceptors (Lipinski definition) is 1. The minimum Gasteiger partial charge on any atom is -0.325 e. The number of rotatable bonds is 20. The van der Waals surface area contributed by atoms with E-state index in [1.165, 1.54) is 122 Å². The van der Waals surface area contributed by atoms with Gasteiger partial charge in [-0.15, -0.1) is 17.0 Å². The third kappa shape index (κ3) is 13.0. The first-order valence-electron chi connectivity index (χ1n) is 18.5. The summed E-state index contributed by atoms with van der Waals surface area (Å²) in [5.74, 6) is 7.04. The van der Waals surface area contributed by atoms with E-state index >= 15 is 0 Å². The lowest BCUT2D eigenvalue weighted by Crippen LogP contribution is -2.61. The van der Waals surface area contributed by atoms with E-state index in [0.717, 1.165) is 53.2 Å². The van der Waals surface area contributed by atoms with Crippen LogP contribution in [0.25, 0.3) is 0 Å². The van der Waals surface area contributed by atoms with Gasteiger partial charge in [-0.2, -0.15) is 0 Å². The van der Waals surface area contributed by atoms with E-state index in [1.54, 1.807) is 0 Å². The van der Waals surface area contributed by atoms with Crippen LogP contribution in [0.2, 0.25) is 0 Å². The van der Waals surface area contributed by atoms with Crippen molar-refractivity contribution < 1.29 is 0 Å². The number of alkyl halides is 1. The van der Waals surface area contributed by atoms with Gasteiger partial charge in [0.05, 0.1) is 0 Å². The van der Waals surface area contributed by atoms with Gasteiger partial charge >= 0.3 is 0 Å². The Kier molecular flexibility index (Phi) is 21.1. The topological polar surface area (TPSA) is 26.0 Å². The molecule has 2 aliphatic rings. The normalized spacial score (nSPS) is 29.3. The zero-order chi connectivity index (χ0) is 29.5. The smallest absolute Gasteiger partial charge is 0.0225 e. The Morgan fingerprint density at radius 1 is 0.659 bits per heavy atom. The van der Waals surface area contributed by atoms with Crippen LogP contribution in [0.3, 0.4) is 0 Å². The van der Waals surface area contributed by atoms with E-state index in [-0.39, 0.29) is 22.5 Å². The van der Waals surface area contributed by atoms with Crippen molar-refractivity contribution in [2.24, 2.45) is 59.0 Å². The van der Waals surface area contributed by atoms with Crippen LogP contribution < -0.4 is 5.73 Å². The summed E-state index contributed by atoms with van der Waals surface area (Å²) < 4.78 is 0. The average molecular weight is 706 g/mol. The van der Waals surface area contributed by atoms with Gasteiger partial charge in [0.25, 0.3) is 0 Å².